The van der Waals surface area contributed by atoms with E-state index in [9.17, 15) is 21.6 Å². The predicted molar refractivity (Wildman–Crippen MR) is 122 cm³/mol. The maximum absolute atomic E-state index is 12.7. The monoisotopic (exact) mass is 464 g/mol. The van der Waals surface area contributed by atoms with Gasteiger partial charge in [-0.15, -0.1) is 0 Å². The average Bonchev–Trinajstić information content (AvgIpc) is 3.26. The Kier molecular flexibility index (Phi) is 7.06. The number of rotatable bonds is 8. The van der Waals surface area contributed by atoms with Crippen molar-refractivity contribution < 1.29 is 21.6 Å². The molecule has 0 aliphatic heterocycles. The summed E-state index contributed by atoms with van der Waals surface area (Å²) in [4.78, 5) is 12.2. The highest BCUT2D eigenvalue weighted by Gasteiger charge is 2.28. The highest BCUT2D eigenvalue weighted by Crippen LogP contribution is 2.26. The Labute approximate surface area is 184 Å². The van der Waals surface area contributed by atoms with Crippen molar-refractivity contribution in [3.63, 3.8) is 0 Å². The SMILES string of the molecule is Cc1cccc(C)c1NS(=O)(=O)c1ccc(NC(=O)CCS(=O)(=O)C2CCCC2)cc1. The first-order chi connectivity index (χ1) is 14.6. The molecule has 2 aromatic carbocycles. The van der Waals surface area contributed by atoms with Gasteiger partial charge in [0.05, 0.1) is 21.6 Å². The van der Waals surface area contributed by atoms with Crippen LogP contribution in [0.4, 0.5) is 11.4 Å². The molecule has 1 fully saturated rings. The summed E-state index contributed by atoms with van der Waals surface area (Å²) in [6, 6.07) is 11.3. The quantitative estimate of drug-likeness (QED) is 0.618. The Balaban J connectivity index is 1.61. The van der Waals surface area contributed by atoms with Gasteiger partial charge in [-0.1, -0.05) is 31.0 Å². The number of anilines is 2. The summed E-state index contributed by atoms with van der Waals surface area (Å²) in [6.07, 6.45) is 3.08. The van der Waals surface area contributed by atoms with Gasteiger partial charge in [0.1, 0.15) is 0 Å². The third-order valence-corrected chi connectivity index (χ3v) is 9.22. The predicted octanol–water partition coefficient (Wildman–Crippen LogP) is 3.79. The third-order valence-electron chi connectivity index (χ3n) is 5.59. The third kappa shape index (κ3) is 5.86. The van der Waals surface area contributed by atoms with Gasteiger partial charge in [0.2, 0.25) is 5.91 Å². The second kappa shape index (κ2) is 9.40. The lowest BCUT2D eigenvalue weighted by Gasteiger charge is -2.14. The molecule has 3 rings (SSSR count). The number of benzene rings is 2. The van der Waals surface area contributed by atoms with Crippen LogP contribution in [0.3, 0.4) is 0 Å². The minimum Gasteiger partial charge on any atom is -0.326 e. The molecule has 31 heavy (non-hydrogen) atoms. The Morgan fingerprint density at radius 1 is 0.935 bits per heavy atom. The van der Waals surface area contributed by atoms with Crippen LogP contribution in [-0.2, 0) is 24.7 Å². The van der Waals surface area contributed by atoms with Crippen LogP contribution in [0.15, 0.2) is 47.4 Å². The first-order valence-corrected chi connectivity index (χ1v) is 13.5. The van der Waals surface area contributed by atoms with Crippen molar-refractivity contribution in [1.29, 1.82) is 0 Å². The molecule has 1 amide bonds. The lowest BCUT2D eigenvalue weighted by molar-refractivity contribution is -0.115. The topological polar surface area (TPSA) is 109 Å². The minimum absolute atomic E-state index is 0.0666. The number of sulfonamides is 1. The van der Waals surface area contributed by atoms with E-state index in [1.54, 1.807) is 0 Å². The van der Waals surface area contributed by atoms with E-state index in [2.05, 4.69) is 10.0 Å². The van der Waals surface area contributed by atoms with E-state index in [-0.39, 0.29) is 22.3 Å². The summed E-state index contributed by atoms with van der Waals surface area (Å²) in [5, 5.41) is 2.31. The van der Waals surface area contributed by atoms with Gasteiger partial charge in [-0.3, -0.25) is 9.52 Å². The van der Waals surface area contributed by atoms with Crippen LogP contribution in [-0.4, -0.2) is 33.7 Å². The zero-order valence-corrected chi connectivity index (χ0v) is 19.4. The van der Waals surface area contributed by atoms with Crippen molar-refractivity contribution in [3.8, 4) is 0 Å². The molecule has 0 radical (unpaired) electrons. The van der Waals surface area contributed by atoms with Crippen LogP contribution >= 0.6 is 0 Å². The molecule has 0 unspecified atom stereocenters. The standard InChI is InChI=1S/C22H28N2O5S2/c1-16-6-5-7-17(2)22(16)24-31(28,29)20-12-10-18(11-13-20)23-21(25)14-15-30(26,27)19-8-3-4-9-19/h5-7,10-13,19,24H,3-4,8-9,14-15H2,1-2H3,(H,23,25). The second-order valence-electron chi connectivity index (χ2n) is 7.97. The number of carbonyl (C=O) groups is 1. The van der Waals surface area contributed by atoms with Crippen molar-refractivity contribution in [2.45, 2.75) is 56.1 Å². The molecule has 7 nitrogen and oxygen atoms in total. The van der Waals surface area contributed by atoms with Gasteiger partial charge >= 0.3 is 0 Å². The van der Waals surface area contributed by atoms with E-state index in [1.807, 2.05) is 32.0 Å². The van der Waals surface area contributed by atoms with Gasteiger partial charge in [0, 0.05) is 12.1 Å². The van der Waals surface area contributed by atoms with Crippen LogP contribution in [0.2, 0.25) is 0 Å². The largest absolute Gasteiger partial charge is 0.326 e. The Morgan fingerprint density at radius 3 is 2.10 bits per heavy atom. The van der Waals surface area contributed by atoms with Gasteiger partial charge in [0.25, 0.3) is 10.0 Å². The molecule has 168 valence electrons. The first-order valence-electron chi connectivity index (χ1n) is 10.3. The molecule has 9 heteroatoms. The molecule has 2 aromatic rings. The molecule has 0 spiro atoms. The molecule has 1 saturated carbocycles. The summed E-state index contributed by atoms with van der Waals surface area (Å²) in [7, 11) is -7.04. The van der Waals surface area contributed by atoms with Crippen LogP contribution < -0.4 is 10.0 Å². The van der Waals surface area contributed by atoms with Crippen molar-refractivity contribution in [3.05, 3.63) is 53.6 Å². The summed E-state index contributed by atoms with van der Waals surface area (Å²) >= 11 is 0. The summed E-state index contributed by atoms with van der Waals surface area (Å²) in [5.74, 6) is -0.582. The average molecular weight is 465 g/mol. The van der Waals surface area contributed by atoms with Crippen LogP contribution in [0.1, 0.15) is 43.2 Å². The second-order valence-corrected chi connectivity index (χ2v) is 12.1. The molecule has 0 bridgehead atoms. The maximum atomic E-state index is 12.7. The summed E-state index contributed by atoms with van der Waals surface area (Å²) in [5.41, 5.74) is 2.60. The minimum atomic E-state index is -3.78. The fraction of sp³-hybridized carbons (Fsp3) is 0.409. The zero-order valence-electron chi connectivity index (χ0n) is 17.7. The lowest BCUT2D eigenvalue weighted by atomic mass is 10.1. The lowest BCUT2D eigenvalue weighted by Crippen LogP contribution is -2.24. The number of sulfone groups is 1. The molecule has 0 saturated heterocycles. The summed E-state index contributed by atoms with van der Waals surface area (Å²) in [6.45, 7) is 3.66. The molecule has 1 aliphatic rings. The van der Waals surface area contributed by atoms with Crippen molar-refractivity contribution in [2.75, 3.05) is 15.8 Å². The molecule has 0 aromatic heterocycles. The van der Waals surface area contributed by atoms with E-state index in [0.717, 1.165) is 24.0 Å². The number of carbonyl (C=O) groups excluding carboxylic acids is 1. The molecular formula is C22H28N2O5S2. The Bertz CT molecular complexity index is 1130. The van der Waals surface area contributed by atoms with E-state index >= 15 is 0 Å². The molecule has 2 N–H and O–H groups in total. The number of para-hydroxylation sites is 1. The van der Waals surface area contributed by atoms with E-state index < -0.39 is 25.8 Å². The number of hydrogen-bond donors (Lipinski definition) is 2. The van der Waals surface area contributed by atoms with Gasteiger partial charge in [0.15, 0.2) is 9.84 Å². The Morgan fingerprint density at radius 2 is 1.52 bits per heavy atom. The van der Waals surface area contributed by atoms with Crippen molar-refractivity contribution in [1.82, 2.24) is 0 Å². The van der Waals surface area contributed by atoms with Crippen LogP contribution in [0, 0.1) is 13.8 Å². The Hall–Kier alpha value is -2.39. The van der Waals surface area contributed by atoms with Gasteiger partial charge in [-0.2, -0.15) is 0 Å². The normalized spacial score (nSPS) is 15.0. The zero-order chi connectivity index (χ0) is 22.6. The fourth-order valence-electron chi connectivity index (χ4n) is 3.76. The van der Waals surface area contributed by atoms with Crippen LogP contribution in [0.5, 0.6) is 0 Å². The number of nitrogens with one attached hydrogen (secondary N) is 2. The fourth-order valence-corrected chi connectivity index (χ4v) is 6.82. The molecule has 1 aliphatic carbocycles. The van der Waals surface area contributed by atoms with Gasteiger partial charge < -0.3 is 5.32 Å². The van der Waals surface area contributed by atoms with E-state index in [0.29, 0.717) is 24.2 Å². The molecule has 0 atom stereocenters. The van der Waals surface area contributed by atoms with Gasteiger partial charge in [-0.05, 0) is 62.1 Å². The number of hydrogen-bond acceptors (Lipinski definition) is 5. The van der Waals surface area contributed by atoms with E-state index in [1.165, 1.54) is 24.3 Å². The first kappa shape index (κ1) is 23.3. The van der Waals surface area contributed by atoms with E-state index in [4.69, 9.17) is 0 Å². The highest BCUT2D eigenvalue weighted by atomic mass is 32.2. The summed E-state index contributed by atoms with van der Waals surface area (Å²) < 4.78 is 52.6. The van der Waals surface area contributed by atoms with Crippen molar-refractivity contribution in [2.24, 2.45) is 0 Å². The highest BCUT2D eigenvalue weighted by molar-refractivity contribution is 7.92. The van der Waals surface area contributed by atoms with Crippen molar-refractivity contribution >= 4 is 37.1 Å². The molecule has 0 heterocycles. The maximum Gasteiger partial charge on any atom is 0.261 e. The number of aryl methyl sites for hydroxylation is 2. The molecular weight excluding hydrogens is 436 g/mol. The smallest absolute Gasteiger partial charge is 0.261 e. The number of amides is 1. The van der Waals surface area contributed by atoms with Gasteiger partial charge in [-0.25, -0.2) is 16.8 Å². The van der Waals surface area contributed by atoms with Crippen LogP contribution in [0.25, 0.3) is 0 Å².